The number of hydrogen-bond acceptors (Lipinski definition) is 3. The van der Waals surface area contributed by atoms with Gasteiger partial charge in [0.2, 0.25) is 5.91 Å². The predicted molar refractivity (Wildman–Crippen MR) is 86.1 cm³/mol. The lowest BCUT2D eigenvalue weighted by Gasteiger charge is -2.08. The SMILES string of the molecule is Cc1cccc(CS(=O)Cc2ccc(C(N)=O)cc2N)c1. The van der Waals surface area contributed by atoms with Crippen molar-refractivity contribution in [2.24, 2.45) is 5.73 Å². The standard InChI is InChI=1S/C16H18N2O2S/c1-11-3-2-4-12(7-11)9-21(20)10-14-6-5-13(16(18)19)8-15(14)17/h2-8H,9-10,17H2,1H3,(H2,18,19). The molecule has 110 valence electrons. The van der Waals surface area contributed by atoms with E-state index in [0.29, 0.717) is 22.8 Å². The van der Waals surface area contributed by atoms with E-state index in [2.05, 4.69) is 0 Å². The van der Waals surface area contributed by atoms with Crippen molar-refractivity contribution in [3.05, 3.63) is 64.7 Å². The van der Waals surface area contributed by atoms with E-state index in [0.717, 1.165) is 16.7 Å². The summed E-state index contributed by atoms with van der Waals surface area (Å²) in [6.45, 7) is 2.01. The molecule has 4 N–H and O–H groups in total. The van der Waals surface area contributed by atoms with Crippen LogP contribution in [0.2, 0.25) is 0 Å². The number of hydrogen-bond donors (Lipinski definition) is 2. The monoisotopic (exact) mass is 302 g/mol. The summed E-state index contributed by atoms with van der Waals surface area (Å²) in [5.74, 6) is 0.325. The third-order valence-corrected chi connectivity index (χ3v) is 4.45. The van der Waals surface area contributed by atoms with Gasteiger partial charge in [-0.15, -0.1) is 0 Å². The zero-order chi connectivity index (χ0) is 15.4. The number of anilines is 1. The summed E-state index contributed by atoms with van der Waals surface area (Å²) in [5, 5.41) is 0. The molecule has 1 amide bonds. The third kappa shape index (κ3) is 4.16. The average Bonchev–Trinajstić information content (AvgIpc) is 2.40. The fourth-order valence-electron chi connectivity index (χ4n) is 2.09. The van der Waals surface area contributed by atoms with Crippen LogP contribution in [0.3, 0.4) is 0 Å². The molecule has 0 spiro atoms. The molecule has 2 aromatic carbocycles. The number of carbonyl (C=O) groups is 1. The fraction of sp³-hybridized carbons (Fsp3) is 0.188. The van der Waals surface area contributed by atoms with Gasteiger partial charge in [-0.1, -0.05) is 35.9 Å². The van der Waals surface area contributed by atoms with Crippen LogP contribution in [-0.4, -0.2) is 10.1 Å². The van der Waals surface area contributed by atoms with Gasteiger partial charge in [0.15, 0.2) is 0 Å². The molecule has 1 unspecified atom stereocenters. The minimum absolute atomic E-state index is 0.360. The molecule has 5 heteroatoms. The summed E-state index contributed by atoms with van der Waals surface area (Å²) in [6, 6.07) is 12.8. The molecule has 0 heterocycles. The first-order valence-corrected chi connectivity index (χ1v) is 8.03. The van der Waals surface area contributed by atoms with E-state index in [1.807, 2.05) is 31.2 Å². The fourth-order valence-corrected chi connectivity index (χ4v) is 3.36. The van der Waals surface area contributed by atoms with E-state index in [4.69, 9.17) is 11.5 Å². The zero-order valence-electron chi connectivity index (χ0n) is 11.8. The van der Waals surface area contributed by atoms with Crippen molar-refractivity contribution in [3.8, 4) is 0 Å². The highest BCUT2D eigenvalue weighted by molar-refractivity contribution is 7.83. The minimum Gasteiger partial charge on any atom is -0.398 e. The van der Waals surface area contributed by atoms with E-state index in [9.17, 15) is 9.00 Å². The van der Waals surface area contributed by atoms with Crippen LogP contribution in [0.4, 0.5) is 5.69 Å². The molecule has 2 aromatic rings. The van der Waals surface area contributed by atoms with Gasteiger partial charge in [0.25, 0.3) is 0 Å². The Hall–Kier alpha value is -2.14. The second-order valence-corrected chi connectivity index (χ2v) is 6.45. The highest BCUT2D eigenvalue weighted by Gasteiger charge is 2.09. The lowest BCUT2D eigenvalue weighted by molar-refractivity contribution is 0.100. The van der Waals surface area contributed by atoms with Crippen LogP contribution in [0.25, 0.3) is 0 Å². The van der Waals surface area contributed by atoms with Gasteiger partial charge in [0.05, 0.1) is 5.75 Å². The second kappa shape index (κ2) is 6.54. The molecule has 0 bridgehead atoms. The second-order valence-electron chi connectivity index (χ2n) is 5.00. The lowest BCUT2D eigenvalue weighted by Crippen LogP contribution is -2.12. The van der Waals surface area contributed by atoms with Gasteiger partial charge in [-0.25, -0.2) is 0 Å². The summed E-state index contributed by atoms with van der Waals surface area (Å²) in [6.07, 6.45) is 0. The number of aryl methyl sites for hydroxylation is 1. The Kier molecular flexibility index (Phi) is 4.75. The minimum atomic E-state index is -1.05. The van der Waals surface area contributed by atoms with Crippen LogP contribution in [0.5, 0.6) is 0 Å². The number of primary amides is 1. The van der Waals surface area contributed by atoms with Gasteiger partial charge in [-0.3, -0.25) is 9.00 Å². The Morgan fingerprint density at radius 1 is 1.14 bits per heavy atom. The number of carbonyl (C=O) groups excluding carboxylic acids is 1. The van der Waals surface area contributed by atoms with Gasteiger partial charge in [0, 0.05) is 27.8 Å². The van der Waals surface area contributed by atoms with E-state index in [1.54, 1.807) is 12.1 Å². The molecule has 0 radical (unpaired) electrons. The zero-order valence-corrected chi connectivity index (χ0v) is 12.7. The molecule has 2 rings (SSSR count). The maximum atomic E-state index is 12.2. The van der Waals surface area contributed by atoms with Crippen LogP contribution in [0.15, 0.2) is 42.5 Å². The first-order chi connectivity index (χ1) is 9.95. The van der Waals surface area contributed by atoms with Gasteiger partial charge < -0.3 is 11.5 Å². The number of nitrogen functional groups attached to an aromatic ring is 1. The van der Waals surface area contributed by atoms with Gasteiger partial charge in [0.1, 0.15) is 0 Å². The third-order valence-electron chi connectivity index (χ3n) is 3.16. The Balaban J connectivity index is 2.08. The highest BCUT2D eigenvalue weighted by atomic mass is 32.2. The Morgan fingerprint density at radius 2 is 1.90 bits per heavy atom. The Morgan fingerprint density at radius 3 is 2.52 bits per heavy atom. The lowest BCUT2D eigenvalue weighted by atomic mass is 10.1. The summed E-state index contributed by atoms with van der Waals surface area (Å²) in [4.78, 5) is 11.1. The maximum Gasteiger partial charge on any atom is 0.248 e. The Bertz CT molecular complexity index is 698. The van der Waals surface area contributed by atoms with E-state index in [1.165, 1.54) is 6.07 Å². The van der Waals surface area contributed by atoms with Crippen molar-refractivity contribution in [2.45, 2.75) is 18.4 Å². The molecule has 0 aliphatic carbocycles. The van der Waals surface area contributed by atoms with Gasteiger partial charge in [-0.05, 0) is 30.2 Å². The van der Waals surface area contributed by atoms with Crippen molar-refractivity contribution in [3.63, 3.8) is 0 Å². The Labute approximate surface area is 126 Å². The molecule has 1 atom stereocenters. The summed E-state index contributed by atoms with van der Waals surface area (Å²) < 4.78 is 12.2. The van der Waals surface area contributed by atoms with E-state index >= 15 is 0 Å². The molecule has 21 heavy (non-hydrogen) atoms. The van der Waals surface area contributed by atoms with Crippen LogP contribution in [-0.2, 0) is 22.3 Å². The van der Waals surface area contributed by atoms with Crippen molar-refractivity contribution < 1.29 is 9.00 Å². The van der Waals surface area contributed by atoms with Crippen LogP contribution < -0.4 is 11.5 Å². The summed E-state index contributed by atoms with van der Waals surface area (Å²) in [7, 11) is -1.05. The van der Waals surface area contributed by atoms with Crippen molar-refractivity contribution in [1.82, 2.24) is 0 Å². The van der Waals surface area contributed by atoms with Crippen LogP contribution in [0, 0.1) is 6.92 Å². The molecular formula is C16H18N2O2S. The quantitative estimate of drug-likeness (QED) is 0.829. The van der Waals surface area contributed by atoms with Crippen LogP contribution >= 0.6 is 0 Å². The van der Waals surface area contributed by atoms with Crippen molar-refractivity contribution >= 4 is 22.4 Å². The number of benzene rings is 2. The van der Waals surface area contributed by atoms with E-state index < -0.39 is 16.7 Å². The molecule has 4 nitrogen and oxygen atoms in total. The number of amides is 1. The molecule has 0 aliphatic rings. The normalized spacial score (nSPS) is 12.0. The molecule has 0 saturated carbocycles. The molecule has 0 saturated heterocycles. The first-order valence-electron chi connectivity index (χ1n) is 6.54. The van der Waals surface area contributed by atoms with Crippen LogP contribution in [0.1, 0.15) is 27.0 Å². The molecular weight excluding hydrogens is 284 g/mol. The maximum absolute atomic E-state index is 12.2. The largest absolute Gasteiger partial charge is 0.398 e. The number of nitrogens with two attached hydrogens (primary N) is 2. The van der Waals surface area contributed by atoms with Crippen molar-refractivity contribution in [2.75, 3.05) is 5.73 Å². The van der Waals surface area contributed by atoms with Gasteiger partial charge >= 0.3 is 0 Å². The molecule has 0 fully saturated rings. The smallest absolute Gasteiger partial charge is 0.248 e. The highest BCUT2D eigenvalue weighted by Crippen LogP contribution is 2.18. The van der Waals surface area contributed by atoms with E-state index in [-0.39, 0.29) is 0 Å². The van der Waals surface area contributed by atoms with Crippen molar-refractivity contribution in [1.29, 1.82) is 0 Å². The number of rotatable bonds is 5. The van der Waals surface area contributed by atoms with Gasteiger partial charge in [-0.2, -0.15) is 0 Å². The average molecular weight is 302 g/mol. The topological polar surface area (TPSA) is 86.2 Å². The first kappa shape index (κ1) is 15.3. The summed E-state index contributed by atoms with van der Waals surface area (Å²) >= 11 is 0. The molecule has 0 aromatic heterocycles. The molecule has 0 aliphatic heterocycles. The predicted octanol–water partition coefficient (Wildman–Crippen LogP) is 2.13. The summed E-state index contributed by atoms with van der Waals surface area (Å²) in [5.41, 5.74) is 14.8.